The number of fused-ring (bicyclic) bond motifs is 2. The van der Waals surface area contributed by atoms with Gasteiger partial charge in [-0.25, -0.2) is 9.31 Å². The molecule has 120 valence electrons. The van der Waals surface area contributed by atoms with Gasteiger partial charge in [-0.05, 0) is 35.4 Å². The molecule has 0 bridgehead atoms. The number of methoxy groups -OCH3 is 1. The molecule has 0 saturated heterocycles. The van der Waals surface area contributed by atoms with Crippen molar-refractivity contribution in [1.29, 1.82) is 0 Å². The van der Waals surface area contributed by atoms with E-state index in [0.29, 0.717) is 11.2 Å². The molecule has 0 fully saturated rings. The fourth-order valence-electron chi connectivity index (χ4n) is 2.92. The third-order valence-electron chi connectivity index (χ3n) is 4.08. The van der Waals surface area contributed by atoms with Crippen LogP contribution in [0.2, 0.25) is 0 Å². The second kappa shape index (κ2) is 5.09. The highest BCUT2D eigenvalue weighted by molar-refractivity contribution is 6.05. The van der Waals surface area contributed by atoms with E-state index in [9.17, 15) is 4.79 Å². The van der Waals surface area contributed by atoms with E-state index in [-0.39, 0.29) is 11.9 Å². The SMILES string of the molecule is COC(=O)c1cn(C)c2ccc(-c3ccn4nc(N)nc4c3)cc12. The lowest BCUT2D eigenvalue weighted by Crippen LogP contribution is -1.99. The number of nitrogens with zero attached hydrogens (tertiary/aromatic N) is 4. The molecule has 0 aliphatic rings. The molecule has 0 radical (unpaired) electrons. The third-order valence-corrected chi connectivity index (χ3v) is 4.08. The number of nitrogens with two attached hydrogens (primary N) is 1. The standard InChI is InChI=1S/C17H15N5O2/c1-21-9-13(16(23)24-2)12-7-10(3-4-14(12)21)11-5-6-22-15(8-11)19-17(18)20-22/h3-9H,1-2H3,(H2,18,20). The fourth-order valence-corrected chi connectivity index (χ4v) is 2.92. The number of carbonyl (C=O) groups excluding carboxylic acids is 1. The topological polar surface area (TPSA) is 87.4 Å². The monoisotopic (exact) mass is 321 g/mol. The van der Waals surface area contributed by atoms with Gasteiger partial charge in [0.2, 0.25) is 5.95 Å². The van der Waals surface area contributed by atoms with Gasteiger partial charge in [-0.2, -0.15) is 4.98 Å². The van der Waals surface area contributed by atoms with Crippen molar-refractivity contribution in [1.82, 2.24) is 19.2 Å². The van der Waals surface area contributed by atoms with Crippen molar-refractivity contribution in [3.63, 3.8) is 0 Å². The van der Waals surface area contributed by atoms with Gasteiger partial charge < -0.3 is 15.0 Å². The molecule has 2 N–H and O–H groups in total. The van der Waals surface area contributed by atoms with E-state index in [1.165, 1.54) is 7.11 Å². The van der Waals surface area contributed by atoms with Crippen molar-refractivity contribution in [2.24, 2.45) is 7.05 Å². The van der Waals surface area contributed by atoms with Crippen LogP contribution >= 0.6 is 0 Å². The average Bonchev–Trinajstić information content (AvgIpc) is 3.12. The van der Waals surface area contributed by atoms with Gasteiger partial charge in [0.05, 0.1) is 12.7 Å². The van der Waals surface area contributed by atoms with Gasteiger partial charge in [-0.15, -0.1) is 5.10 Å². The zero-order valence-electron chi connectivity index (χ0n) is 13.2. The molecule has 0 saturated carbocycles. The minimum Gasteiger partial charge on any atom is -0.465 e. The maximum atomic E-state index is 12.0. The second-order valence-electron chi connectivity index (χ2n) is 5.57. The van der Waals surface area contributed by atoms with E-state index >= 15 is 0 Å². The first-order chi connectivity index (χ1) is 11.6. The predicted molar refractivity (Wildman–Crippen MR) is 90.7 cm³/mol. The lowest BCUT2D eigenvalue weighted by atomic mass is 10.0. The Labute approximate surface area is 137 Å². The summed E-state index contributed by atoms with van der Waals surface area (Å²) in [5, 5.41) is 4.92. The largest absolute Gasteiger partial charge is 0.465 e. The van der Waals surface area contributed by atoms with Crippen LogP contribution in [0, 0.1) is 0 Å². The molecule has 1 aromatic carbocycles. The molecule has 24 heavy (non-hydrogen) atoms. The Morgan fingerprint density at radius 3 is 2.79 bits per heavy atom. The quantitative estimate of drug-likeness (QED) is 0.572. The molecule has 0 aliphatic heterocycles. The van der Waals surface area contributed by atoms with Crippen LogP contribution in [0.1, 0.15) is 10.4 Å². The number of carbonyl (C=O) groups is 1. The van der Waals surface area contributed by atoms with Crippen LogP contribution in [-0.2, 0) is 11.8 Å². The van der Waals surface area contributed by atoms with Gasteiger partial charge in [-0.3, -0.25) is 0 Å². The van der Waals surface area contributed by atoms with Gasteiger partial charge in [-0.1, -0.05) is 6.07 Å². The van der Waals surface area contributed by atoms with Crippen molar-refractivity contribution < 1.29 is 9.53 Å². The van der Waals surface area contributed by atoms with Gasteiger partial charge in [0.15, 0.2) is 5.65 Å². The Bertz CT molecular complexity index is 1090. The summed E-state index contributed by atoms with van der Waals surface area (Å²) in [6.45, 7) is 0. The fraction of sp³-hybridized carbons (Fsp3) is 0.118. The number of anilines is 1. The number of hydrogen-bond donors (Lipinski definition) is 1. The molecule has 0 aliphatic carbocycles. The molecule has 4 aromatic rings. The van der Waals surface area contributed by atoms with Gasteiger partial charge in [0.1, 0.15) is 0 Å². The van der Waals surface area contributed by atoms with E-state index in [1.807, 2.05) is 48.1 Å². The summed E-state index contributed by atoms with van der Waals surface area (Å²) < 4.78 is 8.41. The van der Waals surface area contributed by atoms with E-state index < -0.39 is 0 Å². The number of nitrogen functional groups attached to an aromatic ring is 1. The number of pyridine rings is 1. The number of aromatic nitrogens is 4. The smallest absolute Gasteiger partial charge is 0.340 e. The first kappa shape index (κ1) is 14.3. The molecule has 0 atom stereocenters. The number of esters is 1. The van der Waals surface area contributed by atoms with Gasteiger partial charge in [0, 0.05) is 30.3 Å². The molecule has 0 unspecified atom stereocenters. The Morgan fingerprint density at radius 2 is 2.00 bits per heavy atom. The minimum atomic E-state index is -0.349. The van der Waals surface area contributed by atoms with Crippen LogP contribution < -0.4 is 5.73 Å². The number of aryl methyl sites for hydroxylation is 1. The van der Waals surface area contributed by atoms with Crippen LogP contribution in [0.25, 0.3) is 27.7 Å². The van der Waals surface area contributed by atoms with Crippen molar-refractivity contribution in [3.8, 4) is 11.1 Å². The lowest BCUT2D eigenvalue weighted by molar-refractivity contribution is 0.0603. The minimum absolute atomic E-state index is 0.235. The molecule has 4 rings (SSSR count). The highest BCUT2D eigenvalue weighted by atomic mass is 16.5. The molecule has 3 heterocycles. The first-order valence-electron chi connectivity index (χ1n) is 7.36. The Kier molecular flexibility index (Phi) is 3.02. The first-order valence-corrected chi connectivity index (χ1v) is 7.36. The summed E-state index contributed by atoms with van der Waals surface area (Å²) in [6.07, 6.45) is 3.59. The molecule has 7 heteroatoms. The second-order valence-corrected chi connectivity index (χ2v) is 5.57. The average molecular weight is 321 g/mol. The van der Waals surface area contributed by atoms with Crippen LogP contribution in [0.4, 0.5) is 5.95 Å². The van der Waals surface area contributed by atoms with Crippen molar-refractivity contribution in [3.05, 3.63) is 48.3 Å². The number of ether oxygens (including phenoxy) is 1. The van der Waals surface area contributed by atoms with E-state index in [4.69, 9.17) is 10.5 Å². The molecular formula is C17H15N5O2. The summed E-state index contributed by atoms with van der Waals surface area (Å²) in [7, 11) is 3.29. The molecule has 0 amide bonds. The molecular weight excluding hydrogens is 306 g/mol. The zero-order valence-corrected chi connectivity index (χ0v) is 13.2. The van der Waals surface area contributed by atoms with Crippen LogP contribution in [-0.4, -0.2) is 32.2 Å². The van der Waals surface area contributed by atoms with Crippen LogP contribution in [0.15, 0.2) is 42.7 Å². The summed E-state index contributed by atoms with van der Waals surface area (Å²) in [5.41, 5.74) is 9.75. The number of hydrogen-bond acceptors (Lipinski definition) is 5. The Balaban J connectivity index is 1.90. The maximum Gasteiger partial charge on any atom is 0.340 e. The summed E-state index contributed by atoms with van der Waals surface area (Å²) in [6, 6.07) is 9.82. The van der Waals surface area contributed by atoms with Crippen LogP contribution in [0.5, 0.6) is 0 Å². The summed E-state index contributed by atoms with van der Waals surface area (Å²) >= 11 is 0. The number of rotatable bonds is 2. The molecule has 0 spiro atoms. The van der Waals surface area contributed by atoms with E-state index in [0.717, 1.165) is 22.0 Å². The normalized spacial score (nSPS) is 11.2. The predicted octanol–water partition coefficient (Wildman–Crippen LogP) is 2.26. The zero-order chi connectivity index (χ0) is 16.8. The van der Waals surface area contributed by atoms with E-state index in [1.54, 1.807) is 10.7 Å². The lowest BCUT2D eigenvalue weighted by Gasteiger charge is -2.04. The summed E-state index contributed by atoms with van der Waals surface area (Å²) in [5.74, 6) is -0.114. The Morgan fingerprint density at radius 1 is 1.21 bits per heavy atom. The van der Waals surface area contributed by atoms with Crippen molar-refractivity contribution in [2.45, 2.75) is 0 Å². The highest BCUT2D eigenvalue weighted by Crippen LogP contribution is 2.28. The third kappa shape index (κ3) is 2.10. The van der Waals surface area contributed by atoms with Crippen LogP contribution in [0.3, 0.4) is 0 Å². The highest BCUT2D eigenvalue weighted by Gasteiger charge is 2.15. The molecule has 3 aromatic heterocycles. The Hall–Kier alpha value is -3.35. The van der Waals surface area contributed by atoms with Crippen molar-refractivity contribution >= 4 is 28.5 Å². The van der Waals surface area contributed by atoms with E-state index in [2.05, 4.69) is 10.1 Å². The summed E-state index contributed by atoms with van der Waals surface area (Å²) in [4.78, 5) is 16.2. The van der Waals surface area contributed by atoms with Gasteiger partial charge in [0.25, 0.3) is 0 Å². The number of benzene rings is 1. The van der Waals surface area contributed by atoms with Gasteiger partial charge >= 0.3 is 5.97 Å². The van der Waals surface area contributed by atoms with Crippen molar-refractivity contribution in [2.75, 3.05) is 12.8 Å². The maximum absolute atomic E-state index is 12.0. The molecule has 7 nitrogen and oxygen atoms in total.